The van der Waals surface area contributed by atoms with Gasteiger partial charge in [-0.3, -0.25) is 0 Å². The van der Waals surface area contributed by atoms with Crippen LogP contribution in [0, 0.1) is 0 Å². The van der Waals surface area contributed by atoms with Gasteiger partial charge in [0.2, 0.25) is 0 Å². The van der Waals surface area contributed by atoms with E-state index in [1.165, 1.54) is 21.5 Å². The molecule has 2 saturated heterocycles. The van der Waals surface area contributed by atoms with Gasteiger partial charge in [-0.1, -0.05) is 125 Å². The fraction of sp³-hybridized carbons (Fsp3) is 0.459. The molecule has 2 fully saturated rings. The maximum absolute atomic E-state index is 8.80. The van der Waals surface area contributed by atoms with Gasteiger partial charge in [0, 0.05) is 28.4 Å². The highest BCUT2D eigenvalue weighted by Crippen LogP contribution is 2.12. The second-order valence-corrected chi connectivity index (χ2v) is 9.08. The van der Waals surface area contributed by atoms with Crippen molar-refractivity contribution in [3.63, 3.8) is 0 Å². The standard InChI is InChI=1S/2C10H8.C5H12O3.2C4H8O2.2C2H6/c2*1-2-6-10-8-4-3-7-9(10)5-1;1-7-3-5(6)4-8-2;2*1-5-2-4-3-6-4;2*1-2/h2*1-8H;5-6H,3-4H2,1-2H3;2*4H,2-3H2,1H3;2*1-2H3. The van der Waals surface area contributed by atoms with E-state index in [1.54, 1.807) is 28.4 Å². The number of methoxy groups -OCH3 is 4. The second-order valence-electron chi connectivity index (χ2n) is 9.08. The van der Waals surface area contributed by atoms with Crippen LogP contribution in [0.25, 0.3) is 21.5 Å². The number of aliphatic hydroxyl groups excluding tert-OH is 1. The van der Waals surface area contributed by atoms with E-state index in [9.17, 15) is 0 Å². The number of fused-ring (bicyclic) bond motifs is 2. The number of rotatable bonds is 8. The molecule has 0 bridgehead atoms. The average molecular weight is 613 g/mol. The van der Waals surface area contributed by atoms with Crippen LogP contribution in [-0.2, 0) is 28.4 Å². The minimum absolute atomic E-state index is 0.341. The minimum Gasteiger partial charge on any atom is -0.388 e. The number of epoxide rings is 2. The Hall–Kier alpha value is -2.88. The van der Waals surface area contributed by atoms with E-state index in [4.69, 9.17) is 24.1 Å². The van der Waals surface area contributed by atoms with Crippen LogP contribution in [0.4, 0.5) is 0 Å². The van der Waals surface area contributed by atoms with Gasteiger partial charge in [0.1, 0.15) is 18.3 Å². The van der Waals surface area contributed by atoms with E-state index in [-0.39, 0.29) is 0 Å². The summed E-state index contributed by atoms with van der Waals surface area (Å²) in [5, 5.41) is 14.0. The molecule has 0 aliphatic carbocycles. The molecule has 0 spiro atoms. The van der Waals surface area contributed by atoms with Crippen LogP contribution in [-0.4, -0.2) is 91.5 Å². The van der Waals surface area contributed by atoms with E-state index in [2.05, 4.69) is 107 Å². The molecule has 7 nitrogen and oxygen atoms in total. The van der Waals surface area contributed by atoms with Crippen molar-refractivity contribution >= 4 is 21.5 Å². The summed E-state index contributed by atoms with van der Waals surface area (Å²) in [4.78, 5) is 0. The molecule has 7 heteroatoms. The van der Waals surface area contributed by atoms with E-state index in [0.29, 0.717) is 25.4 Å². The van der Waals surface area contributed by atoms with Crippen LogP contribution in [0.2, 0.25) is 0 Å². The number of hydrogen-bond acceptors (Lipinski definition) is 7. The molecule has 2 aliphatic heterocycles. The van der Waals surface area contributed by atoms with E-state index in [0.717, 1.165) is 26.4 Å². The summed E-state index contributed by atoms with van der Waals surface area (Å²) in [7, 11) is 6.45. The van der Waals surface area contributed by atoms with Crippen LogP contribution in [0.3, 0.4) is 0 Å². The quantitative estimate of drug-likeness (QED) is 0.207. The predicted molar refractivity (Wildman–Crippen MR) is 184 cm³/mol. The maximum atomic E-state index is 8.80. The van der Waals surface area contributed by atoms with Crippen LogP contribution >= 0.6 is 0 Å². The Bertz CT molecular complexity index is 940. The third-order valence-electron chi connectivity index (χ3n) is 5.55. The van der Waals surface area contributed by atoms with Crippen molar-refractivity contribution in [2.24, 2.45) is 0 Å². The molecule has 2 unspecified atom stereocenters. The fourth-order valence-corrected chi connectivity index (χ4v) is 3.40. The number of benzene rings is 4. The third-order valence-corrected chi connectivity index (χ3v) is 5.55. The normalized spacial score (nSPS) is 15.0. The molecule has 0 aromatic heterocycles. The number of hydrogen-bond donors (Lipinski definition) is 1. The monoisotopic (exact) mass is 612 g/mol. The summed E-state index contributed by atoms with van der Waals surface area (Å²) in [5.74, 6) is 0. The first-order chi connectivity index (χ1) is 21.6. The Kier molecular flexibility index (Phi) is 27.0. The molecular weight excluding hydrogens is 556 g/mol. The molecule has 0 saturated carbocycles. The summed E-state index contributed by atoms with van der Waals surface area (Å²) >= 11 is 0. The lowest BCUT2D eigenvalue weighted by Crippen LogP contribution is -2.19. The largest absolute Gasteiger partial charge is 0.388 e. The van der Waals surface area contributed by atoms with Gasteiger partial charge < -0.3 is 33.5 Å². The second kappa shape index (κ2) is 28.9. The molecule has 2 aliphatic rings. The van der Waals surface area contributed by atoms with Crippen molar-refractivity contribution in [1.29, 1.82) is 0 Å². The first kappa shape index (κ1) is 41.1. The van der Waals surface area contributed by atoms with Crippen LogP contribution in [0.5, 0.6) is 0 Å². The van der Waals surface area contributed by atoms with Gasteiger partial charge >= 0.3 is 0 Å². The fourth-order valence-electron chi connectivity index (χ4n) is 3.40. The zero-order chi connectivity index (χ0) is 32.8. The van der Waals surface area contributed by atoms with Gasteiger partial charge in [-0.2, -0.15) is 0 Å². The smallest absolute Gasteiger partial charge is 0.104 e. The van der Waals surface area contributed by atoms with Gasteiger partial charge in [-0.25, -0.2) is 0 Å². The summed E-state index contributed by atoms with van der Waals surface area (Å²) < 4.78 is 28.4. The van der Waals surface area contributed by atoms with Crippen LogP contribution in [0.15, 0.2) is 97.1 Å². The Morgan fingerprint density at radius 3 is 0.886 bits per heavy atom. The minimum atomic E-state index is -0.481. The molecule has 4 aromatic rings. The molecule has 2 heterocycles. The van der Waals surface area contributed by atoms with Gasteiger partial charge in [0.25, 0.3) is 0 Å². The highest BCUT2D eigenvalue weighted by Gasteiger charge is 2.21. The van der Waals surface area contributed by atoms with Gasteiger partial charge in [-0.15, -0.1) is 0 Å². The Labute approximate surface area is 266 Å². The van der Waals surface area contributed by atoms with Crippen molar-refractivity contribution in [2.75, 3.05) is 68.1 Å². The zero-order valence-corrected chi connectivity index (χ0v) is 28.1. The summed E-state index contributed by atoms with van der Waals surface area (Å²) in [5.41, 5.74) is 0. The summed E-state index contributed by atoms with van der Waals surface area (Å²) in [6.45, 7) is 12.0. The first-order valence-electron chi connectivity index (χ1n) is 15.4. The predicted octanol–water partition coefficient (Wildman–Crippen LogP) is 7.44. The third kappa shape index (κ3) is 21.8. The number of aliphatic hydroxyl groups is 1. The summed E-state index contributed by atoms with van der Waals surface area (Å²) in [6, 6.07) is 33.4. The van der Waals surface area contributed by atoms with E-state index < -0.39 is 6.10 Å². The molecule has 44 heavy (non-hydrogen) atoms. The molecule has 2 atom stereocenters. The van der Waals surface area contributed by atoms with E-state index in [1.807, 2.05) is 27.7 Å². The van der Waals surface area contributed by atoms with Crippen molar-refractivity contribution < 1.29 is 33.5 Å². The molecule has 1 N–H and O–H groups in total. The van der Waals surface area contributed by atoms with Crippen molar-refractivity contribution in [2.45, 2.75) is 46.0 Å². The Balaban J connectivity index is 0.000000518. The highest BCUT2D eigenvalue weighted by atomic mass is 16.6. The van der Waals surface area contributed by atoms with Gasteiger partial charge in [0.05, 0.1) is 39.6 Å². The molecule has 4 aromatic carbocycles. The lowest BCUT2D eigenvalue weighted by atomic mass is 10.1. The maximum Gasteiger partial charge on any atom is 0.104 e. The van der Waals surface area contributed by atoms with Gasteiger partial charge in [-0.05, 0) is 21.5 Å². The van der Waals surface area contributed by atoms with Gasteiger partial charge in [0.15, 0.2) is 0 Å². The zero-order valence-electron chi connectivity index (χ0n) is 28.1. The molecular formula is C37H56O7. The lowest BCUT2D eigenvalue weighted by Gasteiger charge is -2.05. The van der Waals surface area contributed by atoms with Crippen molar-refractivity contribution in [1.82, 2.24) is 0 Å². The lowest BCUT2D eigenvalue weighted by molar-refractivity contribution is 0.00980. The summed E-state index contributed by atoms with van der Waals surface area (Å²) in [6.07, 6.45) is 0.370. The molecule has 0 radical (unpaired) electrons. The Morgan fingerprint density at radius 1 is 0.523 bits per heavy atom. The van der Waals surface area contributed by atoms with Crippen LogP contribution < -0.4 is 0 Å². The molecule has 6 rings (SSSR count). The number of ether oxygens (including phenoxy) is 6. The highest BCUT2D eigenvalue weighted by molar-refractivity contribution is 5.82. The molecule has 246 valence electrons. The SMILES string of the molecule is CC.CC.COCC(O)COC.COCC1CO1.COCC1CO1.c1ccc2ccccc2c1.c1ccc2ccccc2c1. The molecule has 0 amide bonds. The van der Waals surface area contributed by atoms with Crippen LogP contribution in [0.1, 0.15) is 27.7 Å². The van der Waals surface area contributed by atoms with Crippen molar-refractivity contribution in [3.05, 3.63) is 97.1 Å². The topological polar surface area (TPSA) is 82.2 Å². The Morgan fingerprint density at radius 2 is 0.750 bits per heavy atom. The van der Waals surface area contributed by atoms with E-state index >= 15 is 0 Å². The first-order valence-corrected chi connectivity index (χ1v) is 15.4. The van der Waals surface area contributed by atoms with Crippen molar-refractivity contribution in [3.8, 4) is 0 Å². The average Bonchev–Trinajstić information content (AvgIpc) is 4.03.